The summed E-state index contributed by atoms with van der Waals surface area (Å²) in [6.45, 7) is 1.70. The van der Waals surface area contributed by atoms with Gasteiger partial charge in [0.1, 0.15) is 5.75 Å². The largest absolute Gasteiger partial charge is 0.492 e. The van der Waals surface area contributed by atoms with Gasteiger partial charge in [-0.25, -0.2) is 0 Å². The molecule has 20 heavy (non-hydrogen) atoms. The maximum Gasteiger partial charge on any atom is 0.142 e. The highest BCUT2D eigenvalue weighted by Gasteiger charge is 2.23. The molecular formula is C16H19Cl2NO. The number of halogens is 2. The van der Waals surface area contributed by atoms with E-state index in [1.807, 2.05) is 6.07 Å². The maximum absolute atomic E-state index is 6.20. The zero-order valence-electron chi connectivity index (χ0n) is 11.4. The molecule has 0 fully saturated rings. The van der Waals surface area contributed by atoms with Crippen molar-refractivity contribution in [2.45, 2.75) is 38.1 Å². The highest BCUT2D eigenvalue weighted by molar-refractivity contribution is 6.35. The molecular weight excluding hydrogens is 293 g/mol. The lowest BCUT2D eigenvalue weighted by molar-refractivity contribution is 0.253. The lowest BCUT2D eigenvalue weighted by Crippen LogP contribution is -2.28. The summed E-state index contributed by atoms with van der Waals surface area (Å²) in [6.07, 6.45) is 8.32. The first kappa shape index (κ1) is 14.2. The molecule has 3 rings (SSSR count). The van der Waals surface area contributed by atoms with Crippen LogP contribution in [0.15, 0.2) is 23.8 Å². The van der Waals surface area contributed by atoms with Gasteiger partial charge in [-0.1, -0.05) is 34.9 Å². The molecule has 1 aromatic rings. The Balaban J connectivity index is 1.66. The Bertz CT molecular complexity index is 527. The van der Waals surface area contributed by atoms with Crippen LogP contribution in [0.4, 0.5) is 0 Å². The molecule has 1 heterocycles. The normalized spacial score (nSPS) is 21.3. The minimum absolute atomic E-state index is 0.289. The molecule has 1 unspecified atom stereocenters. The quantitative estimate of drug-likeness (QED) is 0.798. The Morgan fingerprint density at radius 1 is 1.30 bits per heavy atom. The Kier molecular flexibility index (Phi) is 4.54. The van der Waals surface area contributed by atoms with E-state index in [9.17, 15) is 0 Å². The number of allylic oxidation sites excluding steroid dienone is 1. The molecule has 0 amide bonds. The first-order chi connectivity index (χ1) is 9.74. The molecule has 2 nitrogen and oxygen atoms in total. The van der Waals surface area contributed by atoms with Crippen LogP contribution in [-0.4, -0.2) is 13.2 Å². The summed E-state index contributed by atoms with van der Waals surface area (Å²) in [5.41, 5.74) is 2.68. The smallest absolute Gasteiger partial charge is 0.142 e. The molecule has 1 aromatic carbocycles. The van der Waals surface area contributed by atoms with Crippen LogP contribution in [0.25, 0.3) is 0 Å². The predicted molar refractivity (Wildman–Crippen MR) is 83.9 cm³/mol. The van der Waals surface area contributed by atoms with E-state index in [2.05, 4.69) is 11.4 Å². The molecule has 4 heteroatoms. The van der Waals surface area contributed by atoms with E-state index in [4.69, 9.17) is 27.9 Å². The van der Waals surface area contributed by atoms with Gasteiger partial charge in [0.2, 0.25) is 0 Å². The van der Waals surface area contributed by atoms with Crippen molar-refractivity contribution in [1.82, 2.24) is 5.32 Å². The van der Waals surface area contributed by atoms with Crippen molar-refractivity contribution < 1.29 is 4.74 Å². The fourth-order valence-electron chi connectivity index (χ4n) is 3.01. The summed E-state index contributed by atoms with van der Waals surface area (Å²) in [5.74, 6) is 0.792. The zero-order valence-corrected chi connectivity index (χ0v) is 12.9. The van der Waals surface area contributed by atoms with Crippen LogP contribution in [0, 0.1) is 0 Å². The minimum Gasteiger partial charge on any atom is -0.492 e. The van der Waals surface area contributed by atoms with Crippen LogP contribution in [-0.2, 0) is 0 Å². The van der Waals surface area contributed by atoms with Crippen molar-refractivity contribution in [1.29, 1.82) is 0 Å². The van der Waals surface area contributed by atoms with E-state index in [-0.39, 0.29) is 6.04 Å². The SMILES string of the molecule is Clc1cc(Cl)c2c(c1)C(NCCC1=CCCC1)CCO2. The van der Waals surface area contributed by atoms with E-state index in [0.717, 1.165) is 30.7 Å². The number of benzene rings is 1. The van der Waals surface area contributed by atoms with Gasteiger partial charge < -0.3 is 10.1 Å². The van der Waals surface area contributed by atoms with Crippen LogP contribution >= 0.6 is 23.2 Å². The van der Waals surface area contributed by atoms with Crippen molar-refractivity contribution in [3.8, 4) is 5.75 Å². The number of rotatable bonds is 4. The van der Waals surface area contributed by atoms with Crippen molar-refractivity contribution in [2.75, 3.05) is 13.2 Å². The molecule has 0 saturated carbocycles. The summed E-state index contributed by atoms with van der Waals surface area (Å²) in [7, 11) is 0. The Morgan fingerprint density at radius 3 is 3.00 bits per heavy atom. The van der Waals surface area contributed by atoms with Crippen LogP contribution in [0.3, 0.4) is 0 Å². The molecule has 0 radical (unpaired) electrons. The monoisotopic (exact) mass is 311 g/mol. The van der Waals surface area contributed by atoms with E-state index >= 15 is 0 Å². The van der Waals surface area contributed by atoms with E-state index in [1.54, 1.807) is 11.6 Å². The molecule has 1 atom stereocenters. The lowest BCUT2D eigenvalue weighted by atomic mass is 10.00. The van der Waals surface area contributed by atoms with E-state index < -0.39 is 0 Å². The van der Waals surface area contributed by atoms with Gasteiger partial charge in [-0.15, -0.1) is 0 Å². The Hall–Kier alpha value is -0.700. The van der Waals surface area contributed by atoms with Gasteiger partial charge in [0.05, 0.1) is 11.6 Å². The minimum atomic E-state index is 0.289. The second-order valence-corrected chi connectivity index (χ2v) is 6.30. The highest BCUT2D eigenvalue weighted by Crippen LogP contribution is 2.39. The maximum atomic E-state index is 6.20. The third kappa shape index (κ3) is 3.13. The van der Waals surface area contributed by atoms with Crippen LogP contribution in [0.2, 0.25) is 10.0 Å². The Labute approximate surface area is 130 Å². The molecule has 1 N–H and O–H groups in total. The standard InChI is InChI=1S/C16H19Cl2NO/c17-12-9-13-15(6-8-20-16(13)14(18)10-12)19-7-5-11-3-1-2-4-11/h3,9-10,15,19H,1-2,4-8H2. The summed E-state index contributed by atoms with van der Waals surface area (Å²) in [5, 5.41) is 4.90. The molecule has 0 bridgehead atoms. The second-order valence-electron chi connectivity index (χ2n) is 5.45. The molecule has 1 aliphatic heterocycles. The van der Waals surface area contributed by atoms with Crippen LogP contribution in [0.5, 0.6) is 5.75 Å². The number of ether oxygens (including phenoxy) is 1. The summed E-state index contributed by atoms with van der Waals surface area (Å²) in [4.78, 5) is 0. The zero-order chi connectivity index (χ0) is 13.9. The van der Waals surface area contributed by atoms with E-state index in [1.165, 1.54) is 19.3 Å². The van der Waals surface area contributed by atoms with Crippen molar-refractivity contribution >= 4 is 23.2 Å². The molecule has 0 spiro atoms. The van der Waals surface area contributed by atoms with Gasteiger partial charge >= 0.3 is 0 Å². The fourth-order valence-corrected chi connectivity index (χ4v) is 3.57. The van der Waals surface area contributed by atoms with Gasteiger partial charge in [0.15, 0.2) is 0 Å². The number of nitrogens with one attached hydrogen (secondary N) is 1. The van der Waals surface area contributed by atoms with Gasteiger partial charge in [0.25, 0.3) is 0 Å². The van der Waals surface area contributed by atoms with Gasteiger partial charge in [-0.2, -0.15) is 0 Å². The van der Waals surface area contributed by atoms with Crippen LogP contribution < -0.4 is 10.1 Å². The number of hydrogen-bond acceptors (Lipinski definition) is 2. The molecule has 108 valence electrons. The van der Waals surface area contributed by atoms with Gasteiger partial charge in [0, 0.05) is 23.0 Å². The first-order valence-electron chi connectivity index (χ1n) is 7.27. The van der Waals surface area contributed by atoms with E-state index in [0.29, 0.717) is 16.7 Å². The average molecular weight is 312 g/mol. The fraction of sp³-hybridized carbons (Fsp3) is 0.500. The highest BCUT2D eigenvalue weighted by atomic mass is 35.5. The summed E-state index contributed by atoms with van der Waals surface area (Å²) in [6, 6.07) is 4.00. The average Bonchev–Trinajstić information content (AvgIpc) is 2.92. The summed E-state index contributed by atoms with van der Waals surface area (Å²) >= 11 is 12.3. The molecule has 2 aliphatic rings. The van der Waals surface area contributed by atoms with Gasteiger partial charge in [-0.3, -0.25) is 0 Å². The molecule has 0 saturated heterocycles. The first-order valence-corrected chi connectivity index (χ1v) is 8.02. The van der Waals surface area contributed by atoms with Gasteiger partial charge in [-0.05, 0) is 44.4 Å². The third-order valence-electron chi connectivity index (χ3n) is 4.04. The van der Waals surface area contributed by atoms with Crippen molar-refractivity contribution in [3.05, 3.63) is 39.4 Å². The topological polar surface area (TPSA) is 21.3 Å². The lowest BCUT2D eigenvalue weighted by Gasteiger charge is -2.28. The van der Waals surface area contributed by atoms with Crippen molar-refractivity contribution in [3.63, 3.8) is 0 Å². The third-order valence-corrected chi connectivity index (χ3v) is 4.54. The van der Waals surface area contributed by atoms with Crippen LogP contribution in [0.1, 0.15) is 43.7 Å². The summed E-state index contributed by atoms with van der Waals surface area (Å²) < 4.78 is 5.68. The Morgan fingerprint density at radius 2 is 2.20 bits per heavy atom. The predicted octanol–water partition coefficient (Wildman–Crippen LogP) is 4.91. The number of fused-ring (bicyclic) bond motifs is 1. The van der Waals surface area contributed by atoms with Crippen molar-refractivity contribution in [2.24, 2.45) is 0 Å². The molecule has 0 aromatic heterocycles. The number of hydrogen-bond donors (Lipinski definition) is 1. The molecule has 1 aliphatic carbocycles. The second kappa shape index (κ2) is 6.38.